The Balaban J connectivity index is 1.83. The van der Waals surface area contributed by atoms with E-state index in [4.69, 9.17) is 5.84 Å². The molecule has 0 aromatic heterocycles. The van der Waals surface area contributed by atoms with Crippen LogP contribution in [0, 0.1) is 11.8 Å². The molecular formula is C15H28N4O2. The van der Waals surface area contributed by atoms with Crippen molar-refractivity contribution in [3.8, 4) is 0 Å². The first kappa shape index (κ1) is 16.4. The minimum atomic E-state index is -0.204. The highest BCUT2D eigenvalue weighted by atomic mass is 16.2. The van der Waals surface area contributed by atoms with Gasteiger partial charge in [-0.1, -0.05) is 12.8 Å². The summed E-state index contributed by atoms with van der Waals surface area (Å²) in [7, 11) is 0. The number of hydrazine groups is 1. The average Bonchev–Trinajstić information content (AvgIpc) is 2.52. The Morgan fingerprint density at radius 2 is 1.81 bits per heavy atom. The van der Waals surface area contributed by atoms with E-state index in [1.807, 2.05) is 0 Å². The van der Waals surface area contributed by atoms with Crippen molar-refractivity contribution in [2.75, 3.05) is 39.3 Å². The molecule has 2 fully saturated rings. The van der Waals surface area contributed by atoms with E-state index in [0.717, 1.165) is 58.4 Å². The van der Waals surface area contributed by atoms with Crippen molar-refractivity contribution in [1.82, 2.24) is 15.2 Å². The van der Waals surface area contributed by atoms with Crippen LogP contribution >= 0.6 is 0 Å². The molecule has 21 heavy (non-hydrogen) atoms. The number of hydrogen-bond acceptors (Lipinski definition) is 5. The molecule has 0 bridgehead atoms. The van der Waals surface area contributed by atoms with E-state index < -0.39 is 0 Å². The average molecular weight is 296 g/mol. The van der Waals surface area contributed by atoms with E-state index >= 15 is 0 Å². The molecule has 2 atom stereocenters. The molecule has 2 aliphatic rings. The van der Waals surface area contributed by atoms with E-state index in [9.17, 15) is 9.59 Å². The summed E-state index contributed by atoms with van der Waals surface area (Å²) in [5.74, 6) is 5.70. The van der Waals surface area contributed by atoms with E-state index in [-0.39, 0.29) is 23.5 Å². The number of Topliss-reactive ketones (excluding diaryl/α,β-unsaturated/α-hetero) is 1. The largest absolute Gasteiger partial charge is 0.314 e. The highest BCUT2D eigenvalue weighted by Gasteiger charge is 2.35. The van der Waals surface area contributed by atoms with Gasteiger partial charge >= 0.3 is 0 Å². The zero-order valence-corrected chi connectivity index (χ0v) is 13.0. The molecule has 6 nitrogen and oxygen atoms in total. The molecule has 0 aromatic carbocycles. The zero-order chi connectivity index (χ0) is 15.2. The minimum Gasteiger partial charge on any atom is -0.314 e. The maximum atomic E-state index is 12.5. The Labute approximate surface area is 127 Å². The second-order valence-corrected chi connectivity index (χ2v) is 6.23. The van der Waals surface area contributed by atoms with Gasteiger partial charge in [0.25, 0.3) is 0 Å². The van der Waals surface area contributed by atoms with Crippen LogP contribution in [0.2, 0.25) is 0 Å². The Kier molecular flexibility index (Phi) is 6.14. The van der Waals surface area contributed by atoms with Crippen LogP contribution in [-0.2, 0) is 9.59 Å². The molecule has 0 aromatic rings. The van der Waals surface area contributed by atoms with E-state index in [1.165, 1.54) is 5.01 Å². The molecule has 3 N–H and O–H groups in total. The van der Waals surface area contributed by atoms with E-state index in [1.54, 1.807) is 6.92 Å². The molecule has 1 unspecified atom stereocenters. The Morgan fingerprint density at radius 1 is 1.19 bits per heavy atom. The number of amides is 1. The predicted octanol–water partition coefficient (Wildman–Crippen LogP) is -0.0107. The normalized spacial score (nSPS) is 27.3. The second kappa shape index (κ2) is 7.87. The first-order valence-corrected chi connectivity index (χ1v) is 8.09. The van der Waals surface area contributed by atoms with Crippen molar-refractivity contribution < 1.29 is 9.59 Å². The lowest BCUT2D eigenvalue weighted by Crippen LogP contribution is -2.51. The van der Waals surface area contributed by atoms with Crippen LogP contribution in [-0.4, -0.2) is 60.9 Å². The number of nitrogens with two attached hydrogens (primary N) is 1. The van der Waals surface area contributed by atoms with E-state index in [0.29, 0.717) is 6.54 Å². The molecule has 1 heterocycles. The fourth-order valence-corrected chi connectivity index (χ4v) is 3.42. The number of nitrogens with zero attached hydrogens (tertiary/aromatic N) is 2. The second-order valence-electron chi connectivity index (χ2n) is 6.23. The van der Waals surface area contributed by atoms with Gasteiger partial charge in [-0.2, -0.15) is 0 Å². The summed E-state index contributed by atoms with van der Waals surface area (Å²) in [4.78, 5) is 26.5. The third-order valence-electron chi connectivity index (χ3n) is 4.76. The maximum Gasteiger partial charge on any atom is 0.240 e. The summed E-state index contributed by atoms with van der Waals surface area (Å²) in [6.45, 7) is 6.93. The van der Waals surface area contributed by atoms with Gasteiger partial charge in [0.2, 0.25) is 5.91 Å². The SMILES string of the molecule is CC(=O)[C@@H]1CCCCC1C(=O)N(N)CCN1CCNCC1. The molecule has 1 saturated heterocycles. The summed E-state index contributed by atoms with van der Waals surface area (Å²) < 4.78 is 0. The predicted molar refractivity (Wildman–Crippen MR) is 81.3 cm³/mol. The first-order valence-electron chi connectivity index (χ1n) is 8.09. The summed E-state index contributed by atoms with van der Waals surface area (Å²) in [5.41, 5.74) is 0. The standard InChI is InChI=1S/C15H28N4O2/c1-12(20)13-4-2-3-5-14(13)15(21)19(16)11-10-18-8-6-17-7-9-18/h13-14,17H,2-11,16H2,1H3/t13-,14?/m0/s1. The molecule has 6 heteroatoms. The lowest BCUT2D eigenvalue weighted by atomic mass is 9.76. The fraction of sp³-hybridized carbons (Fsp3) is 0.867. The molecule has 0 spiro atoms. The number of ketones is 1. The summed E-state index contributed by atoms with van der Waals surface area (Å²) >= 11 is 0. The number of piperazine rings is 1. The molecule has 1 amide bonds. The molecule has 1 saturated carbocycles. The number of carbonyl (C=O) groups is 2. The van der Waals surface area contributed by atoms with Crippen molar-refractivity contribution >= 4 is 11.7 Å². The Bertz CT molecular complexity index is 369. The number of rotatable bonds is 5. The highest BCUT2D eigenvalue weighted by Crippen LogP contribution is 2.31. The van der Waals surface area contributed by atoms with Crippen molar-refractivity contribution in [1.29, 1.82) is 0 Å². The Hall–Kier alpha value is -0.980. The molecule has 1 aliphatic carbocycles. The van der Waals surface area contributed by atoms with Gasteiger partial charge < -0.3 is 5.32 Å². The number of nitrogens with one attached hydrogen (secondary N) is 1. The Morgan fingerprint density at radius 3 is 2.43 bits per heavy atom. The van der Waals surface area contributed by atoms with Crippen LogP contribution in [0.1, 0.15) is 32.6 Å². The molecule has 1 aliphatic heterocycles. The molecule has 120 valence electrons. The van der Waals surface area contributed by atoms with Crippen LogP contribution in [0.3, 0.4) is 0 Å². The monoisotopic (exact) mass is 296 g/mol. The topological polar surface area (TPSA) is 78.7 Å². The van der Waals surface area contributed by atoms with Crippen LogP contribution in [0.5, 0.6) is 0 Å². The van der Waals surface area contributed by atoms with Crippen LogP contribution in [0.15, 0.2) is 0 Å². The van der Waals surface area contributed by atoms with Crippen molar-refractivity contribution in [2.45, 2.75) is 32.6 Å². The fourth-order valence-electron chi connectivity index (χ4n) is 3.42. The maximum absolute atomic E-state index is 12.5. The van der Waals surface area contributed by atoms with Gasteiger partial charge in [0.15, 0.2) is 0 Å². The quantitative estimate of drug-likeness (QED) is 0.424. The molecule has 2 rings (SSSR count). The summed E-state index contributed by atoms with van der Waals surface area (Å²) in [6, 6.07) is 0. The summed E-state index contributed by atoms with van der Waals surface area (Å²) in [5, 5.41) is 4.65. The van der Waals surface area contributed by atoms with Crippen molar-refractivity contribution in [3.05, 3.63) is 0 Å². The zero-order valence-electron chi connectivity index (χ0n) is 13.0. The van der Waals surface area contributed by atoms with Gasteiger partial charge in [-0.15, -0.1) is 0 Å². The lowest BCUT2D eigenvalue weighted by Gasteiger charge is -2.33. The smallest absolute Gasteiger partial charge is 0.240 e. The summed E-state index contributed by atoms with van der Waals surface area (Å²) in [6.07, 6.45) is 3.69. The van der Waals surface area contributed by atoms with E-state index in [2.05, 4.69) is 10.2 Å². The third-order valence-corrected chi connectivity index (χ3v) is 4.76. The molecule has 0 radical (unpaired) electrons. The van der Waals surface area contributed by atoms with Crippen LogP contribution in [0.4, 0.5) is 0 Å². The van der Waals surface area contributed by atoms with Gasteiger partial charge in [-0.25, -0.2) is 5.84 Å². The third kappa shape index (κ3) is 4.49. The number of carbonyl (C=O) groups excluding carboxylic acids is 2. The minimum absolute atomic E-state index is 0.0509. The van der Waals surface area contributed by atoms with Gasteiger partial charge in [-0.05, 0) is 19.8 Å². The van der Waals surface area contributed by atoms with Gasteiger partial charge in [-0.3, -0.25) is 19.5 Å². The molecular weight excluding hydrogens is 268 g/mol. The van der Waals surface area contributed by atoms with Crippen molar-refractivity contribution in [3.63, 3.8) is 0 Å². The first-order chi connectivity index (χ1) is 10.1. The number of hydrogen-bond donors (Lipinski definition) is 2. The van der Waals surface area contributed by atoms with Gasteiger partial charge in [0.1, 0.15) is 5.78 Å². The van der Waals surface area contributed by atoms with Gasteiger partial charge in [0, 0.05) is 51.1 Å². The van der Waals surface area contributed by atoms with Gasteiger partial charge in [0.05, 0.1) is 0 Å². The van der Waals surface area contributed by atoms with Crippen LogP contribution < -0.4 is 11.2 Å². The lowest BCUT2D eigenvalue weighted by molar-refractivity contribution is -0.143. The van der Waals surface area contributed by atoms with Crippen LogP contribution in [0.25, 0.3) is 0 Å². The highest BCUT2D eigenvalue weighted by molar-refractivity contribution is 5.87. The van der Waals surface area contributed by atoms with Crippen molar-refractivity contribution in [2.24, 2.45) is 17.7 Å².